The van der Waals surface area contributed by atoms with Gasteiger partial charge in [-0.1, -0.05) is 11.8 Å². The second kappa shape index (κ2) is 11.6. The molecule has 0 saturated carbocycles. The third kappa shape index (κ3) is 7.51. The number of rotatable bonds is 9. The van der Waals surface area contributed by atoms with Crippen LogP contribution in [0.2, 0.25) is 0 Å². The number of thioether (sulfide) groups is 1. The highest BCUT2D eigenvalue weighted by molar-refractivity contribution is 7.99. The molecule has 3 rings (SSSR count). The maximum absolute atomic E-state index is 12.8. The molecule has 0 aromatic carbocycles. The van der Waals surface area contributed by atoms with Crippen molar-refractivity contribution in [1.29, 1.82) is 0 Å². The maximum atomic E-state index is 12.8. The van der Waals surface area contributed by atoms with E-state index in [0.29, 0.717) is 51.0 Å². The van der Waals surface area contributed by atoms with Gasteiger partial charge in [0.05, 0.1) is 25.4 Å². The summed E-state index contributed by atoms with van der Waals surface area (Å²) < 4.78 is 7.21. The van der Waals surface area contributed by atoms with Gasteiger partial charge in [0.25, 0.3) is 0 Å². The van der Waals surface area contributed by atoms with Crippen LogP contribution >= 0.6 is 11.8 Å². The summed E-state index contributed by atoms with van der Waals surface area (Å²) in [6.45, 7) is 9.96. The number of nitrogens with zero attached hydrogens (tertiary/aromatic N) is 6. The Morgan fingerprint density at radius 1 is 1.12 bits per heavy atom. The maximum Gasteiger partial charge on any atom is 0.234 e. The summed E-state index contributed by atoms with van der Waals surface area (Å²) in [6, 6.07) is 3.77. The number of nitrogens with one attached hydrogen (secondary N) is 1. The molecule has 1 aliphatic heterocycles. The molecule has 0 radical (unpaired) electrons. The molecule has 0 atom stereocenters. The van der Waals surface area contributed by atoms with Crippen LogP contribution in [0, 0.1) is 0 Å². The molecule has 0 bridgehead atoms. The van der Waals surface area contributed by atoms with Crippen LogP contribution in [-0.4, -0.2) is 99.1 Å². The van der Waals surface area contributed by atoms with E-state index in [2.05, 4.69) is 25.4 Å². The number of hydrogen-bond acceptors (Lipinski definition) is 8. The summed E-state index contributed by atoms with van der Waals surface area (Å²) >= 11 is 1.38. The Hall–Kier alpha value is -2.50. The molecule has 11 heteroatoms. The van der Waals surface area contributed by atoms with Crippen molar-refractivity contribution in [2.75, 3.05) is 52.2 Å². The Balaban J connectivity index is 1.53. The van der Waals surface area contributed by atoms with Gasteiger partial charge in [0.15, 0.2) is 11.0 Å². The van der Waals surface area contributed by atoms with E-state index in [1.54, 1.807) is 19.5 Å². The van der Waals surface area contributed by atoms with E-state index in [4.69, 9.17) is 4.74 Å². The van der Waals surface area contributed by atoms with Gasteiger partial charge in [0.1, 0.15) is 0 Å². The lowest BCUT2D eigenvalue weighted by Gasteiger charge is -2.34. The highest BCUT2D eigenvalue weighted by Gasteiger charge is 2.24. The van der Waals surface area contributed by atoms with Gasteiger partial charge in [-0.25, -0.2) is 0 Å². The van der Waals surface area contributed by atoms with Crippen molar-refractivity contribution in [1.82, 2.24) is 34.9 Å². The number of piperazine rings is 1. The molecule has 2 amide bonds. The lowest BCUT2D eigenvalue weighted by molar-refractivity contribution is -0.130. The van der Waals surface area contributed by atoms with Gasteiger partial charge in [-0.15, -0.1) is 10.2 Å². The Morgan fingerprint density at radius 2 is 1.82 bits per heavy atom. The van der Waals surface area contributed by atoms with Gasteiger partial charge in [-0.3, -0.25) is 24.0 Å². The molecular weight excluding hydrogens is 442 g/mol. The van der Waals surface area contributed by atoms with Crippen molar-refractivity contribution >= 4 is 23.6 Å². The second-order valence-electron chi connectivity index (χ2n) is 8.93. The first-order valence-electron chi connectivity index (χ1n) is 11.0. The van der Waals surface area contributed by atoms with Crippen molar-refractivity contribution in [3.63, 3.8) is 0 Å². The van der Waals surface area contributed by atoms with E-state index < -0.39 is 0 Å². The average molecular weight is 476 g/mol. The first-order chi connectivity index (χ1) is 15.8. The van der Waals surface area contributed by atoms with Crippen molar-refractivity contribution in [3.05, 3.63) is 24.5 Å². The molecule has 1 fully saturated rings. The zero-order valence-electron chi connectivity index (χ0n) is 19.8. The van der Waals surface area contributed by atoms with Gasteiger partial charge in [0.2, 0.25) is 11.8 Å². The number of pyridine rings is 1. The number of carbonyl (C=O) groups excluding carboxylic acids is 2. The molecule has 0 unspecified atom stereocenters. The predicted molar refractivity (Wildman–Crippen MR) is 127 cm³/mol. The zero-order chi connectivity index (χ0) is 23.8. The minimum atomic E-state index is -0.243. The SMILES string of the molecule is COCCn1c(SCC(=O)N2CCN(CC(=O)NC(C)(C)C)CC2)nnc1-c1ccncc1. The second-order valence-corrected chi connectivity index (χ2v) is 9.87. The highest BCUT2D eigenvalue weighted by Crippen LogP contribution is 2.24. The molecule has 2 aromatic heterocycles. The number of ether oxygens (including phenoxy) is 1. The van der Waals surface area contributed by atoms with Gasteiger partial charge >= 0.3 is 0 Å². The average Bonchev–Trinajstić information content (AvgIpc) is 3.18. The molecule has 2 aromatic rings. The molecule has 10 nitrogen and oxygen atoms in total. The predicted octanol–water partition coefficient (Wildman–Crippen LogP) is 1.14. The smallest absolute Gasteiger partial charge is 0.234 e. The molecule has 33 heavy (non-hydrogen) atoms. The number of methoxy groups -OCH3 is 1. The third-order valence-electron chi connectivity index (χ3n) is 5.11. The first-order valence-corrected chi connectivity index (χ1v) is 12.0. The van der Waals surface area contributed by atoms with Crippen LogP contribution < -0.4 is 5.32 Å². The van der Waals surface area contributed by atoms with Crippen LogP contribution in [0.1, 0.15) is 20.8 Å². The summed E-state index contributed by atoms with van der Waals surface area (Å²) in [5.74, 6) is 1.08. The summed E-state index contributed by atoms with van der Waals surface area (Å²) in [5.41, 5.74) is 0.672. The van der Waals surface area contributed by atoms with E-state index in [1.165, 1.54) is 11.8 Å². The molecule has 0 spiro atoms. The molecule has 1 N–H and O–H groups in total. The number of carbonyl (C=O) groups is 2. The first kappa shape index (κ1) is 25.1. The number of amides is 2. The van der Waals surface area contributed by atoms with Crippen LogP contribution in [0.4, 0.5) is 0 Å². The fraction of sp³-hybridized carbons (Fsp3) is 0.591. The van der Waals surface area contributed by atoms with E-state index in [0.717, 1.165) is 11.4 Å². The lowest BCUT2D eigenvalue weighted by atomic mass is 10.1. The fourth-order valence-corrected chi connectivity index (χ4v) is 4.40. The van der Waals surface area contributed by atoms with Crippen molar-refractivity contribution in [3.8, 4) is 11.4 Å². The minimum Gasteiger partial charge on any atom is -0.383 e. The highest BCUT2D eigenvalue weighted by atomic mass is 32.2. The summed E-state index contributed by atoms with van der Waals surface area (Å²) in [6.07, 6.45) is 3.43. The Morgan fingerprint density at radius 3 is 2.45 bits per heavy atom. The quantitative estimate of drug-likeness (QED) is 0.538. The summed E-state index contributed by atoms with van der Waals surface area (Å²) in [7, 11) is 1.65. The van der Waals surface area contributed by atoms with E-state index >= 15 is 0 Å². The monoisotopic (exact) mass is 475 g/mol. The topological polar surface area (TPSA) is 105 Å². The summed E-state index contributed by atoms with van der Waals surface area (Å²) in [4.78, 5) is 32.9. The van der Waals surface area contributed by atoms with Gasteiger partial charge in [-0.05, 0) is 32.9 Å². The molecule has 180 valence electrons. The largest absolute Gasteiger partial charge is 0.383 e. The van der Waals surface area contributed by atoms with Crippen molar-refractivity contribution in [2.45, 2.75) is 38.0 Å². The van der Waals surface area contributed by atoms with Crippen LogP contribution in [0.3, 0.4) is 0 Å². The van der Waals surface area contributed by atoms with Crippen LogP contribution in [0.5, 0.6) is 0 Å². The fourth-order valence-electron chi connectivity index (χ4n) is 3.53. The Kier molecular flexibility index (Phi) is 8.81. The normalized spacial score (nSPS) is 15.0. The van der Waals surface area contributed by atoms with Gasteiger partial charge < -0.3 is 15.0 Å². The molecule has 1 aliphatic rings. The van der Waals surface area contributed by atoms with E-state index in [9.17, 15) is 9.59 Å². The summed E-state index contributed by atoms with van der Waals surface area (Å²) in [5, 5.41) is 12.3. The zero-order valence-corrected chi connectivity index (χ0v) is 20.6. The van der Waals surface area contributed by atoms with Gasteiger partial charge in [0, 0.05) is 56.8 Å². The number of hydrogen-bond donors (Lipinski definition) is 1. The lowest BCUT2D eigenvalue weighted by Crippen LogP contribution is -2.53. The van der Waals surface area contributed by atoms with Crippen LogP contribution in [0.15, 0.2) is 29.7 Å². The molecular formula is C22H33N7O3S. The minimum absolute atomic E-state index is 0.0122. The van der Waals surface area contributed by atoms with E-state index in [1.807, 2.05) is 42.4 Å². The molecule has 3 heterocycles. The standard InChI is InChI=1S/C22H33N7O3S/c1-22(2,3)24-18(30)15-27-9-11-28(12-10-27)19(31)16-33-21-26-25-20(29(21)13-14-32-4)17-5-7-23-8-6-17/h5-8H,9-16H2,1-4H3,(H,24,30). The van der Waals surface area contributed by atoms with Crippen molar-refractivity contribution < 1.29 is 14.3 Å². The Bertz CT molecular complexity index is 922. The van der Waals surface area contributed by atoms with Crippen molar-refractivity contribution in [2.24, 2.45) is 0 Å². The van der Waals surface area contributed by atoms with Crippen LogP contribution in [0.25, 0.3) is 11.4 Å². The Labute approximate surface area is 199 Å². The number of aromatic nitrogens is 4. The third-order valence-corrected chi connectivity index (χ3v) is 6.06. The van der Waals surface area contributed by atoms with Gasteiger partial charge in [-0.2, -0.15) is 0 Å². The molecule has 0 aliphatic carbocycles. The van der Waals surface area contributed by atoms with E-state index in [-0.39, 0.29) is 23.1 Å². The molecule has 1 saturated heterocycles. The van der Waals surface area contributed by atoms with Crippen LogP contribution in [-0.2, 0) is 20.9 Å².